The zero-order valence-corrected chi connectivity index (χ0v) is 25.0. The minimum absolute atomic E-state index is 0.0284. The minimum Gasteiger partial charge on any atom is -0.508 e. The van der Waals surface area contributed by atoms with Crippen LogP contribution in [0.5, 0.6) is 5.75 Å². The molecule has 2 aliphatic heterocycles. The number of likely N-dealkylation sites (N-methyl/N-ethyl adjacent to an activating group) is 1. The summed E-state index contributed by atoms with van der Waals surface area (Å²) in [4.78, 5) is 47.1. The number of para-hydroxylation sites is 1. The van der Waals surface area contributed by atoms with Crippen LogP contribution < -0.4 is 10.2 Å². The first-order valence-corrected chi connectivity index (χ1v) is 14.8. The van der Waals surface area contributed by atoms with Crippen molar-refractivity contribution >= 4 is 23.5 Å². The number of nitrogens with zero attached hydrogens (tertiary/aromatic N) is 5. The number of hydrogen-bond donors (Lipinski definition) is 2. The standard InChI is InChI=1S/C33H40N6O4/c1-4-36(5-2)28-14-10-9-13-26(28)21-37-22-30-38(29(32(37)42)19-24-15-17-27(40)18-16-24)31(41)23-35(3)39(30)33(43)34-20-25-11-7-6-8-12-25/h6-18,29-30,40H,4-5,19-23H2,1-3H3,(H,34,43)/t29-,30+/m0/s1. The van der Waals surface area contributed by atoms with E-state index in [-0.39, 0.29) is 43.1 Å². The number of rotatable bonds is 9. The summed E-state index contributed by atoms with van der Waals surface area (Å²) in [6.07, 6.45) is -0.430. The molecule has 3 aromatic carbocycles. The summed E-state index contributed by atoms with van der Waals surface area (Å²) in [5.74, 6) is -0.246. The molecule has 0 bridgehead atoms. The van der Waals surface area contributed by atoms with Gasteiger partial charge in [0.25, 0.3) is 0 Å². The molecule has 3 aromatic rings. The minimum atomic E-state index is -0.811. The van der Waals surface area contributed by atoms with Crippen LogP contribution >= 0.6 is 0 Å². The first kappa shape index (κ1) is 29.9. The molecule has 4 amide bonds. The zero-order valence-electron chi connectivity index (χ0n) is 25.0. The van der Waals surface area contributed by atoms with Crippen molar-refractivity contribution in [3.63, 3.8) is 0 Å². The van der Waals surface area contributed by atoms with Gasteiger partial charge in [0.05, 0.1) is 13.1 Å². The van der Waals surface area contributed by atoms with Crippen molar-refractivity contribution in [3.05, 3.63) is 95.6 Å². The molecule has 2 atom stereocenters. The molecule has 2 fully saturated rings. The lowest BCUT2D eigenvalue weighted by Crippen LogP contribution is -2.76. The molecule has 43 heavy (non-hydrogen) atoms. The van der Waals surface area contributed by atoms with Crippen LogP contribution in [-0.2, 0) is 29.1 Å². The third kappa shape index (κ3) is 6.44. The third-order valence-electron chi connectivity index (χ3n) is 8.26. The molecular weight excluding hydrogens is 544 g/mol. The second-order valence-electron chi connectivity index (χ2n) is 11.0. The molecule has 226 valence electrons. The third-order valence-corrected chi connectivity index (χ3v) is 8.26. The Bertz CT molecular complexity index is 1430. The van der Waals surface area contributed by atoms with E-state index in [4.69, 9.17) is 0 Å². The molecule has 0 radical (unpaired) electrons. The van der Waals surface area contributed by atoms with Gasteiger partial charge in [-0.2, -0.15) is 0 Å². The number of amides is 4. The second kappa shape index (κ2) is 13.2. The van der Waals surface area contributed by atoms with E-state index in [2.05, 4.69) is 30.1 Å². The number of hydrogen-bond acceptors (Lipinski definition) is 6. The topological polar surface area (TPSA) is 99.7 Å². The number of hydrazine groups is 1. The van der Waals surface area contributed by atoms with Crippen molar-refractivity contribution in [2.24, 2.45) is 0 Å². The van der Waals surface area contributed by atoms with Gasteiger partial charge in [0.2, 0.25) is 11.8 Å². The predicted octanol–water partition coefficient (Wildman–Crippen LogP) is 3.42. The lowest BCUT2D eigenvalue weighted by Gasteiger charge is -2.54. The highest BCUT2D eigenvalue weighted by atomic mass is 16.3. The maximum absolute atomic E-state index is 14.2. The van der Waals surface area contributed by atoms with Gasteiger partial charge in [-0.15, -0.1) is 0 Å². The van der Waals surface area contributed by atoms with Crippen molar-refractivity contribution < 1.29 is 19.5 Å². The van der Waals surface area contributed by atoms with E-state index >= 15 is 0 Å². The highest BCUT2D eigenvalue weighted by molar-refractivity contribution is 5.91. The number of aromatic hydroxyl groups is 1. The van der Waals surface area contributed by atoms with Gasteiger partial charge >= 0.3 is 6.03 Å². The normalized spacial score (nSPS) is 18.9. The maximum Gasteiger partial charge on any atom is 0.334 e. The van der Waals surface area contributed by atoms with E-state index < -0.39 is 12.2 Å². The number of phenolic OH excluding ortho intramolecular Hbond substituents is 1. The Morgan fingerprint density at radius 1 is 0.930 bits per heavy atom. The van der Waals surface area contributed by atoms with Crippen LogP contribution in [0.2, 0.25) is 0 Å². The quantitative estimate of drug-likeness (QED) is 0.400. The van der Waals surface area contributed by atoms with E-state index in [0.717, 1.165) is 35.5 Å². The Balaban J connectivity index is 1.48. The van der Waals surface area contributed by atoms with Gasteiger partial charge in [-0.3, -0.25) is 9.59 Å². The molecule has 5 rings (SSSR count). The molecule has 0 aliphatic carbocycles. The average Bonchev–Trinajstić information content (AvgIpc) is 3.01. The summed E-state index contributed by atoms with van der Waals surface area (Å²) in [6.45, 7) is 6.69. The molecule has 2 saturated heterocycles. The summed E-state index contributed by atoms with van der Waals surface area (Å²) < 4.78 is 0. The lowest BCUT2D eigenvalue weighted by molar-refractivity contribution is -0.187. The summed E-state index contributed by atoms with van der Waals surface area (Å²) in [7, 11) is 1.72. The number of carbonyl (C=O) groups excluding carboxylic acids is 3. The predicted molar refractivity (Wildman–Crippen MR) is 165 cm³/mol. The lowest BCUT2D eigenvalue weighted by atomic mass is 9.98. The summed E-state index contributed by atoms with van der Waals surface area (Å²) in [6, 6.07) is 23.2. The molecule has 0 aromatic heterocycles. The number of phenols is 1. The second-order valence-corrected chi connectivity index (χ2v) is 11.0. The fraction of sp³-hybridized carbons (Fsp3) is 0.364. The van der Waals surface area contributed by atoms with Crippen LogP contribution in [0.25, 0.3) is 0 Å². The Labute approximate surface area is 253 Å². The van der Waals surface area contributed by atoms with E-state index in [1.54, 1.807) is 51.1 Å². The van der Waals surface area contributed by atoms with Crippen molar-refractivity contribution in [1.29, 1.82) is 0 Å². The van der Waals surface area contributed by atoms with E-state index in [9.17, 15) is 19.5 Å². The number of carbonyl (C=O) groups is 3. The zero-order chi connectivity index (χ0) is 30.5. The molecule has 2 heterocycles. The molecule has 2 aliphatic rings. The van der Waals surface area contributed by atoms with Crippen LogP contribution in [0.3, 0.4) is 0 Å². The molecule has 10 nitrogen and oxygen atoms in total. The van der Waals surface area contributed by atoms with Crippen molar-refractivity contribution in [1.82, 2.24) is 25.1 Å². The Hall–Kier alpha value is -4.57. The summed E-state index contributed by atoms with van der Waals surface area (Å²) in [5.41, 5.74) is 3.84. The van der Waals surface area contributed by atoms with E-state index in [1.807, 2.05) is 48.5 Å². The molecule has 2 N–H and O–H groups in total. The summed E-state index contributed by atoms with van der Waals surface area (Å²) >= 11 is 0. The van der Waals surface area contributed by atoms with Gasteiger partial charge in [-0.25, -0.2) is 14.8 Å². The molecule has 10 heteroatoms. The van der Waals surface area contributed by atoms with Crippen LogP contribution in [-0.4, -0.2) is 88.2 Å². The van der Waals surface area contributed by atoms with Crippen molar-refractivity contribution in [2.75, 3.05) is 38.1 Å². The number of nitrogens with one attached hydrogen (secondary N) is 1. The Morgan fingerprint density at radius 3 is 2.30 bits per heavy atom. The summed E-state index contributed by atoms with van der Waals surface area (Å²) in [5, 5.41) is 16.0. The first-order valence-electron chi connectivity index (χ1n) is 14.8. The fourth-order valence-corrected chi connectivity index (χ4v) is 6.08. The average molecular weight is 585 g/mol. The SMILES string of the molecule is CCN(CC)c1ccccc1CN1C[C@@H]2N(C(=O)CN(C)N2C(=O)NCc2ccccc2)[C@@H](Cc2ccc(O)cc2)C1=O. The Morgan fingerprint density at radius 2 is 1.60 bits per heavy atom. The Kier molecular flexibility index (Phi) is 9.16. The van der Waals surface area contributed by atoms with Gasteiger partial charge in [0.1, 0.15) is 18.0 Å². The van der Waals surface area contributed by atoms with Gasteiger partial charge in [-0.05, 0) is 48.7 Å². The van der Waals surface area contributed by atoms with Gasteiger partial charge in [0, 0.05) is 45.3 Å². The smallest absolute Gasteiger partial charge is 0.334 e. The number of piperazine rings is 1. The van der Waals surface area contributed by atoms with Crippen LogP contribution in [0.15, 0.2) is 78.9 Å². The monoisotopic (exact) mass is 584 g/mol. The number of fused-ring (bicyclic) bond motifs is 1. The molecule has 0 saturated carbocycles. The molecule has 0 spiro atoms. The molecular formula is C33H40N6O4. The molecule has 0 unspecified atom stereocenters. The fourth-order valence-electron chi connectivity index (χ4n) is 6.08. The van der Waals surface area contributed by atoms with E-state index in [1.165, 1.54) is 0 Å². The number of anilines is 1. The van der Waals surface area contributed by atoms with Gasteiger partial charge < -0.3 is 25.1 Å². The highest BCUT2D eigenvalue weighted by Gasteiger charge is 2.50. The number of urea groups is 1. The van der Waals surface area contributed by atoms with Crippen molar-refractivity contribution in [2.45, 2.75) is 45.6 Å². The van der Waals surface area contributed by atoms with Crippen LogP contribution in [0.1, 0.15) is 30.5 Å². The highest BCUT2D eigenvalue weighted by Crippen LogP contribution is 2.30. The maximum atomic E-state index is 14.2. The number of benzene rings is 3. The van der Waals surface area contributed by atoms with Gasteiger partial charge in [0.15, 0.2) is 0 Å². The largest absolute Gasteiger partial charge is 0.508 e. The van der Waals surface area contributed by atoms with Gasteiger partial charge in [-0.1, -0.05) is 60.7 Å². The van der Waals surface area contributed by atoms with E-state index in [0.29, 0.717) is 13.1 Å². The van der Waals surface area contributed by atoms with Crippen molar-refractivity contribution in [3.8, 4) is 5.75 Å². The van der Waals surface area contributed by atoms with Crippen LogP contribution in [0.4, 0.5) is 10.5 Å². The van der Waals surface area contributed by atoms with Crippen LogP contribution in [0, 0.1) is 0 Å². The first-order chi connectivity index (χ1) is 20.8.